The van der Waals surface area contributed by atoms with Crippen LogP contribution in [0, 0.1) is 5.92 Å². The molecule has 18 heavy (non-hydrogen) atoms. The molecule has 1 unspecified atom stereocenters. The largest absolute Gasteiger partial charge is 0.455 e. The van der Waals surface area contributed by atoms with Gasteiger partial charge >= 0.3 is 5.97 Å². The highest BCUT2D eigenvalue weighted by atomic mass is 79.9. The van der Waals surface area contributed by atoms with Crippen LogP contribution >= 0.6 is 15.9 Å². The number of esters is 1. The van der Waals surface area contributed by atoms with Crippen LogP contribution in [0.4, 0.5) is 0 Å². The maximum Gasteiger partial charge on any atom is 0.338 e. The first-order valence-electron chi connectivity index (χ1n) is 6.19. The predicted molar refractivity (Wildman–Crippen MR) is 72.7 cm³/mol. The summed E-state index contributed by atoms with van der Waals surface area (Å²) in [6.07, 6.45) is 0.827. The van der Waals surface area contributed by atoms with Gasteiger partial charge < -0.3 is 9.47 Å². The average molecular weight is 313 g/mol. The minimum Gasteiger partial charge on any atom is -0.455 e. The normalized spacial score (nSPS) is 31.3. The molecule has 0 amide bonds. The van der Waals surface area contributed by atoms with Crippen LogP contribution in [-0.2, 0) is 9.47 Å². The SMILES string of the molecule is CC[C@H]1OC(Br)[C@H](OC(=O)c2ccccc2)[C@@H]1C. The lowest BCUT2D eigenvalue weighted by atomic mass is 10.00. The molecule has 4 atom stereocenters. The first-order chi connectivity index (χ1) is 8.63. The molecule has 0 aromatic heterocycles. The molecule has 4 heteroatoms. The van der Waals surface area contributed by atoms with E-state index in [1.165, 1.54) is 0 Å². The summed E-state index contributed by atoms with van der Waals surface area (Å²) >= 11 is 3.43. The summed E-state index contributed by atoms with van der Waals surface area (Å²) in [5.74, 6) is -0.0932. The Bertz CT molecular complexity index is 407. The van der Waals surface area contributed by atoms with Crippen molar-refractivity contribution in [1.29, 1.82) is 0 Å². The number of halogens is 1. The van der Waals surface area contributed by atoms with Gasteiger partial charge in [-0.25, -0.2) is 4.79 Å². The summed E-state index contributed by atoms with van der Waals surface area (Å²) in [6, 6.07) is 9.03. The molecule has 0 aliphatic carbocycles. The number of carbonyl (C=O) groups is 1. The molecule has 0 N–H and O–H groups in total. The molecule has 1 fully saturated rings. The third-order valence-electron chi connectivity index (χ3n) is 3.32. The van der Waals surface area contributed by atoms with Crippen molar-refractivity contribution in [2.45, 2.75) is 37.5 Å². The van der Waals surface area contributed by atoms with E-state index < -0.39 is 0 Å². The lowest BCUT2D eigenvalue weighted by molar-refractivity contribution is 0.0162. The van der Waals surface area contributed by atoms with Crippen molar-refractivity contribution in [2.75, 3.05) is 0 Å². The van der Waals surface area contributed by atoms with Gasteiger partial charge in [0.2, 0.25) is 0 Å². The van der Waals surface area contributed by atoms with Gasteiger partial charge in [0.25, 0.3) is 0 Å². The van der Waals surface area contributed by atoms with E-state index in [1.54, 1.807) is 12.1 Å². The van der Waals surface area contributed by atoms with Crippen molar-refractivity contribution in [3.05, 3.63) is 35.9 Å². The molecular weight excluding hydrogens is 296 g/mol. The molecule has 0 saturated carbocycles. The average Bonchev–Trinajstić information content (AvgIpc) is 2.67. The van der Waals surface area contributed by atoms with Crippen LogP contribution in [0.15, 0.2) is 30.3 Å². The Morgan fingerprint density at radius 3 is 2.61 bits per heavy atom. The predicted octanol–water partition coefficient (Wildman–Crippen LogP) is 3.38. The fraction of sp³-hybridized carbons (Fsp3) is 0.500. The molecule has 0 spiro atoms. The van der Waals surface area contributed by atoms with Crippen LogP contribution in [-0.4, -0.2) is 23.2 Å². The molecule has 1 aromatic rings. The van der Waals surface area contributed by atoms with Gasteiger partial charge in [-0.3, -0.25) is 0 Å². The number of rotatable bonds is 3. The summed E-state index contributed by atoms with van der Waals surface area (Å²) in [7, 11) is 0. The number of benzene rings is 1. The summed E-state index contributed by atoms with van der Waals surface area (Å²) in [5.41, 5.74) is 0.573. The minimum atomic E-state index is -0.294. The van der Waals surface area contributed by atoms with Crippen LogP contribution in [0.1, 0.15) is 30.6 Å². The van der Waals surface area contributed by atoms with Crippen molar-refractivity contribution in [1.82, 2.24) is 0 Å². The Morgan fingerprint density at radius 2 is 2.06 bits per heavy atom. The number of alkyl halides is 1. The second-order valence-electron chi connectivity index (χ2n) is 4.53. The molecule has 1 heterocycles. The van der Waals surface area contributed by atoms with Crippen LogP contribution in [0.3, 0.4) is 0 Å². The lowest BCUT2D eigenvalue weighted by Gasteiger charge is -2.18. The van der Waals surface area contributed by atoms with Gasteiger partial charge in [0, 0.05) is 5.92 Å². The maximum absolute atomic E-state index is 12.0. The quantitative estimate of drug-likeness (QED) is 0.634. The van der Waals surface area contributed by atoms with Gasteiger partial charge in [-0.2, -0.15) is 0 Å². The van der Waals surface area contributed by atoms with E-state index in [1.807, 2.05) is 18.2 Å². The molecule has 0 bridgehead atoms. The highest BCUT2D eigenvalue weighted by Crippen LogP contribution is 2.34. The molecule has 1 saturated heterocycles. The Hall–Kier alpha value is -0.870. The fourth-order valence-corrected chi connectivity index (χ4v) is 3.08. The second-order valence-corrected chi connectivity index (χ2v) is 5.43. The summed E-state index contributed by atoms with van der Waals surface area (Å²) in [5, 5.41) is -0.217. The van der Waals surface area contributed by atoms with Crippen LogP contribution in [0.5, 0.6) is 0 Å². The zero-order valence-electron chi connectivity index (χ0n) is 10.5. The highest BCUT2D eigenvalue weighted by molar-refractivity contribution is 9.09. The number of hydrogen-bond acceptors (Lipinski definition) is 3. The third-order valence-corrected chi connectivity index (χ3v) is 4.06. The van der Waals surface area contributed by atoms with Crippen LogP contribution in [0.25, 0.3) is 0 Å². The number of ether oxygens (including phenoxy) is 2. The highest BCUT2D eigenvalue weighted by Gasteiger charge is 2.42. The maximum atomic E-state index is 12.0. The van der Waals surface area contributed by atoms with Crippen LogP contribution in [0.2, 0.25) is 0 Å². The van der Waals surface area contributed by atoms with Crippen molar-refractivity contribution in [2.24, 2.45) is 5.92 Å². The second kappa shape index (κ2) is 5.85. The zero-order chi connectivity index (χ0) is 13.1. The zero-order valence-corrected chi connectivity index (χ0v) is 12.1. The number of carbonyl (C=O) groups excluding carboxylic acids is 1. The summed E-state index contributed by atoms with van der Waals surface area (Å²) < 4.78 is 11.3. The summed E-state index contributed by atoms with van der Waals surface area (Å²) in [6.45, 7) is 4.13. The van der Waals surface area contributed by atoms with Crippen molar-refractivity contribution in [3.63, 3.8) is 0 Å². The minimum absolute atomic E-state index is 0.142. The molecule has 1 aliphatic heterocycles. The first-order valence-corrected chi connectivity index (χ1v) is 7.10. The van der Waals surface area contributed by atoms with Gasteiger partial charge in [0.15, 0.2) is 0 Å². The van der Waals surface area contributed by atoms with E-state index in [0.717, 1.165) is 6.42 Å². The van der Waals surface area contributed by atoms with Crippen molar-refractivity contribution < 1.29 is 14.3 Å². The smallest absolute Gasteiger partial charge is 0.338 e. The third kappa shape index (κ3) is 2.75. The first kappa shape index (κ1) is 13.6. The van der Waals surface area contributed by atoms with E-state index in [-0.39, 0.29) is 29.1 Å². The van der Waals surface area contributed by atoms with E-state index in [4.69, 9.17) is 9.47 Å². The van der Waals surface area contributed by atoms with Gasteiger partial charge in [-0.05, 0) is 18.6 Å². The van der Waals surface area contributed by atoms with Gasteiger partial charge in [0.1, 0.15) is 11.1 Å². The molecule has 2 rings (SSSR count). The van der Waals surface area contributed by atoms with E-state index in [2.05, 4.69) is 29.8 Å². The fourth-order valence-electron chi connectivity index (χ4n) is 2.21. The Morgan fingerprint density at radius 1 is 1.39 bits per heavy atom. The monoisotopic (exact) mass is 312 g/mol. The van der Waals surface area contributed by atoms with Gasteiger partial charge in [0.05, 0.1) is 11.7 Å². The Balaban J connectivity index is 2.04. The Kier molecular flexibility index (Phi) is 4.40. The van der Waals surface area contributed by atoms with E-state index in [0.29, 0.717) is 5.56 Å². The summed E-state index contributed by atoms with van der Waals surface area (Å²) in [4.78, 5) is 12.0. The van der Waals surface area contributed by atoms with Gasteiger partial charge in [-0.15, -0.1) is 0 Å². The van der Waals surface area contributed by atoms with Crippen molar-refractivity contribution in [3.8, 4) is 0 Å². The van der Waals surface area contributed by atoms with Gasteiger partial charge in [-0.1, -0.05) is 48.0 Å². The van der Waals surface area contributed by atoms with E-state index in [9.17, 15) is 4.79 Å². The molecule has 98 valence electrons. The van der Waals surface area contributed by atoms with Crippen LogP contribution < -0.4 is 0 Å². The van der Waals surface area contributed by atoms with E-state index >= 15 is 0 Å². The Labute approximate surface area is 116 Å². The topological polar surface area (TPSA) is 35.5 Å². The number of hydrogen-bond donors (Lipinski definition) is 0. The molecular formula is C14H17BrO3. The lowest BCUT2D eigenvalue weighted by Crippen LogP contribution is -2.29. The molecule has 0 radical (unpaired) electrons. The molecule has 3 nitrogen and oxygen atoms in total. The molecule has 1 aliphatic rings. The van der Waals surface area contributed by atoms with Crippen molar-refractivity contribution >= 4 is 21.9 Å². The molecule has 1 aromatic carbocycles. The standard InChI is InChI=1S/C14H17BrO3/c1-3-11-9(2)12(13(15)17-11)18-14(16)10-7-5-4-6-8-10/h4-9,11-13H,3H2,1-2H3/t9-,11-,12-,13?/m1/s1.